The average Bonchev–Trinajstić information content (AvgIpc) is 3.35. The number of aromatic amines is 1. The molecule has 3 heterocycles. The second kappa shape index (κ2) is 9.76. The minimum absolute atomic E-state index is 0.186. The summed E-state index contributed by atoms with van der Waals surface area (Å²) >= 11 is 6.03. The molecule has 2 aromatic carbocycles. The Hall–Kier alpha value is -2.90. The summed E-state index contributed by atoms with van der Waals surface area (Å²) in [6, 6.07) is 17.0. The lowest BCUT2D eigenvalue weighted by atomic mass is 9.78. The zero-order chi connectivity index (χ0) is 23.7. The second-order valence-electron chi connectivity index (χ2n) is 9.26. The van der Waals surface area contributed by atoms with Gasteiger partial charge in [-0.05, 0) is 61.7 Å². The van der Waals surface area contributed by atoms with Gasteiger partial charge >= 0.3 is 6.09 Å². The average molecular weight is 483 g/mol. The van der Waals surface area contributed by atoms with E-state index in [0.29, 0.717) is 24.2 Å². The van der Waals surface area contributed by atoms with Crippen LogP contribution in [0.25, 0.3) is 11.3 Å². The van der Waals surface area contributed by atoms with Gasteiger partial charge in [0.25, 0.3) is 0 Å². The van der Waals surface area contributed by atoms with E-state index in [1.165, 1.54) is 17.0 Å². The van der Waals surface area contributed by atoms with E-state index in [2.05, 4.69) is 21.2 Å². The third-order valence-corrected chi connectivity index (χ3v) is 7.58. The monoisotopic (exact) mass is 482 g/mol. The van der Waals surface area contributed by atoms with Gasteiger partial charge in [0.1, 0.15) is 5.82 Å². The summed E-state index contributed by atoms with van der Waals surface area (Å²) in [4.78, 5) is 15.3. The largest absolute Gasteiger partial charge is 0.465 e. The van der Waals surface area contributed by atoms with Crippen LogP contribution in [0.3, 0.4) is 0 Å². The molecule has 2 fully saturated rings. The molecule has 2 aliphatic rings. The maximum Gasteiger partial charge on any atom is 0.407 e. The molecule has 1 amide bonds. The fraction of sp³-hybridized carbons (Fsp3) is 0.385. The number of carboxylic acid groups (broad SMARTS) is 1. The first-order valence-electron chi connectivity index (χ1n) is 11.8. The van der Waals surface area contributed by atoms with E-state index in [4.69, 9.17) is 11.6 Å². The van der Waals surface area contributed by atoms with Crippen molar-refractivity contribution in [2.75, 3.05) is 26.2 Å². The van der Waals surface area contributed by atoms with Gasteiger partial charge in [-0.3, -0.25) is 10.00 Å². The van der Waals surface area contributed by atoms with Crippen LogP contribution < -0.4 is 0 Å². The number of likely N-dealkylation sites (tertiary alicyclic amines) is 2. The van der Waals surface area contributed by atoms with Crippen LogP contribution in [-0.2, 0) is 0 Å². The first-order chi connectivity index (χ1) is 16.5. The summed E-state index contributed by atoms with van der Waals surface area (Å²) in [6.45, 7) is 2.94. The first-order valence-corrected chi connectivity index (χ1v) is 12.1. The molecule has 2 N–H and O–H groups in total. The van der Waals surface area contributed by atoms with E-state index in [9.17, 15) is 14.3 Å². The number of rotatable bonds is 4. The van der Waals surface area contributed by atoms with Gasteiger partial charge in [-0.25, -0.2) is 9.18 Å². The predicted molar refractivity (Wildman–Crippen MR) is 130 cm³/mol. The van der Waals surface area contributed by atoms with E-state index in [1.807, 2.05) is 36.4 Å². The number of aromatic nitrogens is 2. The fourth-order valence-corrected chi connectivity index (χ4v) is 5.57. The zero-order valence-corrected chi connectivity index (χ0v) is 19.6. The number of hydrogen-bond donors (Lipinski definition) is 2. The first kappa shape index (κ1) is 22.9. The van der Waals surface area contributed by atoms with E-state index in [0.717, 1.165) is 54.9 Å². The molecule has 0 bridgehead atoms. The Morgan fingerprint density at radius 1 is 1.00 bits per heavy atom. The molecule has 5 rings (SSSR count). The second-order valence-corrected chi connectivity index (χ2v) is 9.70. The number of hydrogen-bond acceptors (Lipinski definition) is 3. The minimum atomic E-state index is -0.836. The summed E-state index contributed by atoms with van der Waals surface area (Å²) in [5.74, 6) is 0.181. The van der Waals surface area contributed by atoms with Crippen LogP contribution in [0.2, 0.25) is 5.02 Å². The molecular formula is C26H28ClFN4O2. The van der Waals surface area contributed by atoms with Gasteiger partial charge in [0.2, 0.25) is 0 Å². The number of piperidine rings is 2. The van der Waals surface area contributed by atoms with E-state index in [-0.39, 0.29) is 17.7 Å². The van der Waals surface area contributed by atoms with Crippen molar-refractivity contribution in [1.29, 1.82) is 0 Å². The highest BCUT2D eigenvalue weighted by Crippen LogP contribution is 2.41. The van der Waals surface area contributed by atoms with E-state index < -0.39 is 6.09 Å². The number of carbonyl (C=O) groups is 1. The van der Waals surface area contributed by atoms with Crippen molar-refractivity contribution in [2.45, 2.75) is 37.1 Å². The number of halogens is 2. The molecule has 0 saturated carbocycles. The third-order valence-electron chi connectivity index (χ3n) is 7.33. The van der Waals surface area contributed by atoms with Gasteiger partial charge < -0.3 is 10.0 Å². The topological polar surface area (TPSA) is 72.5 Å². The smallest absolute Gasteiger partial charge is 0.407 e. The number of H-pyrrole nitrogens is 1. The number of nitrogens with zero attached hydrogens (tertiary/aromatic N) is 3. The Morgan fingerprint density at radius 3 is 2.38 bits per heavy atom. The van der Waals surface area contributed by atoms with Crippen molar-refractivity contribution in [1.82, 2.24) is 20.0 Å². The van der Waals surface area contributed by atoms with Gasteiger partial charge in [0.15, 0.2) is 0 Å². The van der Waals surface area contributed by atoms with E-state index >= 15 is 0 Å². The maximum atomic E-state index is 13.7. The van der Waals surface area contributed by atoms with Crippen molar-refractivity contribution >= 4 is 17.7 Å². The van der Waals surface area contributed by atoms with Gasteiger partial charge in [-0.15, -0.1) is 0 Å². The van der Waals surface area contributed by atoms with Crippen LogP contribution in [0.1, 0.15) is 42.4 Å². The van der Waals surface area contributed by atoms with Crippen molar-refractivity contribution in [3.8, 4) is 11.3 Å². The van der Waals surface area contributed by atoms with Crippen LogP contribution >= 0.6 is 11.6 Å². The molecular weight excluding hydrogens is 455 g/mol. The van der Waals surface area contributed by atoms with Crippen LogP contribution in [-0.4, -0.2) is 63.4 Å². The Balaban J connectivity index is 1.37. The lowest BCUT2D eigenvalue weighted by Crippen LogP contribution is -2.50. The quantitative estimate of drug-likeness (QED) is 0.509. The summed E-state index contributed by atoms with van der Waals surface area (Å²) in [6.07, 6.45) is 1.80. The summed E-state index contributed by atoms with van der Waals surface area (Å²) in [7, 11) is 0. The highest BCUT2D eigenvalue weighted by atomic mass is 35.5. The summed E-state index contributed by atoms with van der Waals surface area (Å²) < 4.78 is 13.7. The lowest BCUT2D eigenvalue weighted by molar-refractivity contribution is 0.0739. The van der Waals surface area contributed by atoms with Gasteiger partial charge in [-0.1, -0.05) is 35.9 Å². The Morgan fingerprint density at radius 2 is 1.71 bits per heavy atom. The van der Waals surface area contributed by atoms with Crippen molar-refractivity contribution in [2.24, 2.45) is 0 Å². The highest BCUT2D eigenvalue weighted by Gasteiger charge is 2.36. The third kappa shape index (κ3) is 4.81. The molecule has 178 valence electrons. The molecule has 34 heavy (non-hydrogen) atoms. The molecule has 8 heteroatoms. The van der Waals surface area contributed by atoms with Crippen molar-refractivity contribution < 1.29 is 14.3 Å². The summed E-state index contributed by atoms with van der Waals surface area (Å²) in [5, 5.41) is 17.8. The Kier molecular flexibility index (Phi) is 6.57. The van der Waals surface area contributed by atoms with Crippen molar-refractivity contribution in [3.05, 3.63) is 76.7 Å². The molecule has 1 aromatic heterocycles. The molecule has 3 aromatic rings. The van der Waals surface area contributed by atoms with Gasteiger partial charge in [0.05, 0.1) is 5.69 Å². The minimum Gasteiger partial charge on any atom is -0.465 e. The normalized spacial score (nSPS) is 22.1. The molecule has 2 atom stereocenters. The Labute approximate surface area is 203 Å². The SMILES string of the molecule is O=C(O)N1CCC(N2CCC(c3cc(-c4ccc(Cl)cc4)n[nH]3)C(c3ccc(F)cc3)C2)CC1. The molecule has 2 unspecified atom stereocenters. The molecule has 0 radical (unpaired) electrons. The van der Waals surface area contributed by atoms with Crippen LogP contribution in [0, 0.1) is 5.82 Å². The fourth-order valence-electron chi connectivity index (χ4n) is 5.45. The van der Waals surface area contributed by atoms with Gasteiger partial charge in [0, 0.05) is 53.8 Å². The number of amides is 1. The zero-order valence-electron chi connectivity index (χ0n) is 18.8. The predicted octanol–water partition coefficient (Wildman–Crippen LogP) is 5.58. The van der Waals surface area contributed by atoms with Gasteiger partial charge in [-0.2, -0.15) is 5.10 Å². The summed E-state index contributed by atoms with van der Waals surface area (Å²) in [5.41, 5.74) is 4.09. The lowest BCUT2D eigenvalue weighted by Gasteiger charge is -2.44. The molecule has 6 nitrogen and oxygen atoms in total. The maximum absolute atomic E-state index is 13.7. The van der Waals surface area contributed by atoms with Crippen LogP contribution in [0.5, 0.6) is 0 Å². The highest BCUT2D eigenvalue weighted by molar-refractivity contribution is 6.30. The number of nitrogens with one attached hydrogen (secondary N) is 1. The Bertz CT molecular complexity index is 1130. The van der Waals surface area contributed by atoms with Crippen LogP contribution in [0.4, 0.5) is 9.18 Å². The van der Waals surface area contributed by atoms with E-state index in [1.54, 1.807) is 0 Å². The molecule has 2 saturated heterocycles. The molecule has 0 spiro atoms. The standard InChI is InChI=1S/C26H28ClFN4O2/c27-19-5-1-18(2-6-19)24-15-25(30-29-24)22-11-14-32(21-9-12-31(13-10-21)26(33)34)16-23(22)17-3-7-20(28)8-4-17/h1-8,15,21-23H,9-14,16H2,(H,29,30)(H,33,34). The van der Waals surface area contributed by atoms with Crippen molar-refractivity contribution in [3.63, 3.8) is 0 Å². The molecule has 0 aliphatic carbocycles. The van der Waals surface area contributed by atoms with Crippen LogP contribution in [0.15, 0.2) is 54.6 Å². The molecule has 2 aliphatic heterocycles. The number of benzene rings is 2.